The highest BCUT2D eigenvalue weighted by Crippen LogP contribution is 2.55. The van der Waals surface area contributed by atoms with Gasteiger partial charge >= 0.3 is 0 Å². The summed E-state index contributed by atoms with van der Waals surface area (Å²) in [5, 5.41) is 4.91. The largest absolute Gasteiger partial charge is 0.397 e. The molecule has 1 radical (unpaired) electrons. The van der Waals surface area contributed by atoms with Crippen LogP contribution in [0.1, 0.15) is 22.8 Å². The predicted octanol–water partition coefficient (Wildman–Crippen LogP) is 4.58. The quantitative estimate of drug-likeness (QED) is 0.354. The van der Waals surface area contributed by atoms with E-state index in [9.17, 15) is 14.5 Å². The third kappa shape index (κ3) is 5.61. The van der Waals surface area contributed by atoms with Crippen molar-refractivity contribution in [1.29, 1.82) is 0 Å². The molecular formula is C25H29N3O3PS. The van der Waals surface area contributed by atoms with Gasteiger partial charge in [0.15, 0.2) is 0 Å². The normalized spacial score (nSPS) is 15.3. The van der Waals surface area contributed by atoms with Crippen molar-refractivity contribution in [2.24, 2.45) is 0 Å². The van der Waals surface area contributed by atoms with Gasteiger partial charge in [0.2, 0.25) is 5.91 Å². The van der Waals surface area contributed by atoms with Crippen LogP contribution in [0.5, 0.6) is 0 Å². The highest BCUT2D eigenvalue weighted by Gasteiger charge is 2.30. The molecule has 6 nitrogen and oxygen atoms in total. The number of nitrogens with zero attached hydrogens (tertiary/aromatic N) is 1. The molecule has 173 valence electrons. The minimum absolute atomic E-state index is 0.0627. The summed E-state index contributed by atoms with van der Waals surface area (Å²) in [6.45, 7) is 3.28. The number of nitrogen functional groups attached to an aromatic ring is 1. The second-order valence-corrected chi connectivity index (χ2v) is 13.0. The lowest BCUT2D eigenvalue weighted by molar-refractivity contribution is -0.130. The molecule has 1 aliphatic rings. The van der Waals surface area contributed by atoms with E-state index in [-0.39, 0.29) is 11.8 Å². The van der Waals surface area contributed by atoms with Gasteiger partial charge in [-0.05, 0) is 60.5 Å². The Bertz CT molecular complexity index is 1120. The topological polar surface area (TPSA) is 95.7 Å². The van der Waals surface area contributed by atoms with Gasteiger partial charge < -0.3 is 20.8 Å². The number of anilines is 2. The smallest absolute Gasteiger partial charge is 0.255 e. The first-order valence-electron chi connectivity index (χ1n) is 11.1. The molecule has 1 aliphatic heterocycles. The van der Waals surface area contributed by atoms with Crippen molar-refractivity contribution in [3.63, 3.8) is 0 Å². The molecule has 1 fully saturated rings. The first-order valence-corrected chi connectivity index (χ1v) is 14.2. The number of carbonyl (C=O) groups is 2. The molecule has 2 amide bonds. The molecule has 8 heteroatoms. The number of benzene rings is 2. The number of carbonyl (C=O) groups excluding carboxylic acids is 2. The summed E-state index contributed by atoms with van der Waals surface area (Å²) >= 11 is 1.63. The molecule has 0 unspecified atom stereocenters. The number of hydrogen-bond acceptors (Lipinski definition) is 5. The maximum atomic E-state index is 12.8. The Balaban J connectivity index is 1.37. The number of nitrogens with two attached hydrogens (primary N) is 1. The lowest BCUT2D eigenvalue weighted by Crippen LogP contribution is -2.41. The second-order valence-electron chi connectivity index (χ2n) is 8.35. The maximum absolute atomic E-state index is 12.8. The Hall–Kier alpha value is -2.73. The van der Waals surface area contributed by atoms with Gasteiger partial charge in [0, 0.05) is 35.9 Å². The van der Waals surface area contributed by atoms with Crippen molar-refractivity contribution >= 4 is 42.0 Å². The summed E-state index contributed by atoms with van der Waals surface area (Å²) < 4.78 is 0. The average molecular weight is 483 g/mol. The van der Waals surface area contributed by atoms with E-state index in [2.05, 4.69) is 5.32 Å². The molecule has 3 aromatic rings. The summed E-state index contributed by atoms with van der Waals surface area (Å²) in [4.78, 5) is 38.8. The van der Waals surface area contributed by atoms with Gasteiger partial charge in [0.05, 0.1) is 17.8 Å². The van der Waals surface area contributed by atoms with Crippen LogP contribution in [-0.4, -0.2) is 53.2 Å². The van der Waals surface area contributed by atoms with Crippen LogP contribution in [-0.2, 0) is 11.2 Å². The van der Waals surface area contributed by atoms with Gasteiger partial charge in [-0.2, -0.15) is 0 Å². The number of thiophene rings is 1. The molecule has 0 atom stereocenters. The van der Waals surface area contributed by atoms with Gasteiger partial charge in [-0.3, -0.25) is 9.59 Å². The summed E-state index contributed by atoms with van der Waals surface area (Å²) in [5.41, 5.74) is 9.52. The summed E-state index contributed by atoms with van der Waals surface area (Å²) in [6, 6.07) is 16.7. The lowest BCUT2D eigenvalue weighted by Gasteiger charge is -2.39. The van der Waals surface area contributed by atoms with Gasteiger partial charge in [0.1, 0.15) is 0 Å². The second kappa shape index (κ2) is 10.0. The Morgan fingerprint density at radius 2 is 1.85 bits per heavy atom. The zero-order valence-corrected chi connectivity index (χ0v) is 20.4. The van der Waals surface area contributed by atoms with E-state index in [1.807, 2.05) is 53.6 Å². The molecular weight excluding hydrogens is 453 g/mol. The Morgan fingerprint density at radius 3 is 2.48 bits per heavy atom. The average Bonchev–Trinajstić information content (AvgIpc) is 3.36. The number of rotatable bonds is 6. The molecule has 2 aromatic carbocycles. The fraction of sp³-hybridized carbons (Fsp3) is 0.280. The first-order chi connectivity index (χ1) is 15.9. The third-order valence-electron chi connectivity index (χ3n) is 6.19. The van der Waals surface area contributed by atoms with Gasteiger partial charge in [0.25, 0.3) is 5.91 Å². The molecule has 2 heterocycles. The standard InChI is InChI=1S/C25H29N3O3PS/c1-2-32(31)13-11-28(12-14-32)24(29)16-18-5-7-19(8-6-18)25(30)27-22-17-20(9-10-21(22)26)23-4-3-15-33-23/h3-10,15,17,31H,2,11-14,16,26H2,1H3,(H,27,30). The molecule has 4 rings (SSSR count). The van der Waals surface area contributed by atoms with Crippen molar-refractivity contribution < 1.29 is 14.5 Å². The van der Waals surface area contributed by atoms with E-state index in [1.165, 1.54) is 0 Å². The monoisotopic (exact) mass is 482 g/mol. The minimum atomic E-state index is -1.82. The molecule has 0 aliphatic carbocycles. The van der Waals surface area contributed by atoms with Crippen LogP contribution in [0.4, 0.5) is 11.4 Å². The number of nitrogens with one attached hydrogen (secondary N) is 1. The van der Waals surface area contributed by atoms with Crippen LogP contribution in [0.15, 0.2) is 60.0 Å². The van der Waals surface area contributed by atoms with Crippen LogP contribution in [0.2, 0.25) is 0 Å². The summed E-state index contributed by atoms with van der Waals surface area (Å²) in [6.07, 6.45) is 2.57. The van der Waals surface area contributed by atoms with Crippen LogP contribution >= 0.6 is 18.8 Å². The van der Waals surface area contributed by atoms with Gasteiger partial charge in [-0.25, -0.2) is 0 Å². The summed E-state index contributed by atoms with van der Waals surface area (Å²) in [5.74, 6) is -0.186. The zero-order chi connectivity index (χ0) is 23.4. The zero-order valence-electron chi connectivity index (χ0n) is 18.7. The van der Waals surface area contributed by atoms with Crippen LogP contribution in [0, 0.1) is 0 Å². The number of hydrogen-bond donors (Lipinski definition) is 3. The lowest BCUT2D eigenvalue weighted by atomic mass is 10.1. The van der Waals surface area contributed by atoms with Crippen molar-refractivity contribution in [1.82, 2.24) is 4.90 Å². The molecule has 0 spiro atoms. The molecule has 4 N–H and O–H groups in total. The molecule has 1 saturated heterocycles. The van der Waals surface area contributed by atoms with Crippen molar-refractivity contribution in [3.8, 4) is 10.4 Å². The fourth-order valence-corrected chi connectivity index (χ4v) is 6.73. The molecule has 0 bridgehead atoms. The first kappa shape index (κ1) is 23.4. The minimum Gasteiger partial charge on any atom is -0.397 e. The van der Waals surface area contributed by atoms with E-state index >= 15 is 0 Å². The van der Waals surface area contributed by atoms with Crippen LogP contribution in [0.25, 0.3) is 10.4 Å². The van der Waals surface area contributed by atoms with E-state index in [0.717, 1.165) is 34.5 Å². The van der Waals surface area contributed by atoms with E-state index in [0.29, 0.717) is 36.4 Å². The Morgan fingerprint density at radius 1 is 1.12 bits per heavy atom. The number of amides is 2. The molecule has 0 saturated carbocycles. The fourth-order valence-electron chi connectivity index (χ4n) is 3.92. The SMILES string of the molecule is CC[P]1(O)CCN(C(=O)Cc2ccc(C(=O)Nc3cc(-c4cccs4)ccc3N)cc2)CC1. The Kier molecular flexibility index (Phi) is 7.13. The Labute approximate surface area is 198 Å². The maximum Gasteiger partial charge on any atom is 0.255 e. The van der Waals surface area contributed by atoms with E-state index in [1.54, 1.807) is 29.5 Å². The van der Waals surface area contributed by atoms with E-state index < -0.39 is 7.49 Å². The third-order valence-corrected chi connectivity index (χ3v) is 10.4. The van der Waals surface area contributed by atoms with Crippen molar-refractivity contribution in [3.05, 3.63) is 71.1 Å². The highest BCUT2D eigenvalue weighted by molar-refractivity contribution is 7.70. The summed E-state index contributed by atoms with van der Waals surface area (Å²) in [7, 11) is -1.82. The van der Waals surface area contributed by atoms with Crippen molar-refractivity contribution in [2.75, 3.05) is 42.6 Å². The highest BCUT2D eigenvalue weighted by atomic mass is 32.1. The predicted molar refractivity (Wildman–Crippen MR) is 138 cm³/mol. The van der Waals surface area contributed by atoms with Gasteiger partial charge in [-0.1, -0.05) is 31.2 Å². The van der Waals surface area contributed by atoms with Crippen LogP contribution < -0.4 is 11.1 Å². The molecule has 33 heavy (non-hydrogen) atoms. The van der Waals surface area contributed by atoms with Crippen LogP contribution in [0.3, 0.4) is 0 Å². The van der Waals surface area contributed by atoms with E-state index in [4.69, 9.17) is 5.73 Å². The van der Waals surface area contributed by atoms with Gasteiger partial charge in [-0.15, -0.1) is 11.3 Å². The molecule has 1 aromatic heterocycles. The van der Waals surface area contributed by atoms with Crippen molar-refractivity contribution in [2.45, 2.75) is 13.3 Å².